The van der Waals surface area contributed by atoms with Crippen LogP contribution in [0.1, 0.15) is 5.56 Å². The van der Waals surface area contributed by atoms with Crippen LogP contribution in [0.25, 0.3) is 0 Å². The van der Waals surface area contributed by atoms with Crippen LogP contribution in [0.2, 0.25) is 10.0 Å². The highest BCUT2D eigenvalue weighted by atomic mass is 35.5. The Morgan fingerprint density at radius 2 is 1.84 bits per heavy atom. The second-order valence-electron chi connectivity index (χ2n) is 3.68. The van der Waals surface area contributed by atoms with Crippen molar-refractivity contribution in [3.05, 3.63) is 57.8 Å². The van der Waals surface area contributed by atoms with Crippen molar-refractivity contribution in [2.45, 2.75) is 0 Å². The van der Waals surface area contributed by atoms with E-state index in [0.717, 1.165) is 0 Å². The maximum absolute atomic E-state index is 13.2. The second-order valence-corrected chi connectivity index (χ2v) is 4.94. The zero-order valence-electron chi connectivity index (χ0n) is 9.49. The van der Waals surface area contributed by atoms with Gasteiger partial charge in [0.15, 0.2) is 0 Å². The lowest BCUT2D eigenvalue weighted by Crippen LogP contribution is -2.11. The zero-order chi connectivity index (χ0) is 14.0. The smallest absolute Gasteiger partial charge is 0.137 e. The summed E-state index contributed by atoms with van der Waals surface area (Å²) in [6.45, 7) is 0. The number of thiocarbonyl (C=S) groups is 1. The predicted octanol–water partition coefficient (Wildman–Crippen LogP) is 4.56. The molecule has 2 nitrogen and oxygen atoms in total. The third-order valence-electron chi connectivity index (χ3n) is 2.33. The fourth-order valence-electron chi connectivity index (χ4n) is 1.45. The van der Waals surface area contributed by atoms with Gasteiger partial charge in [-0.05, 0) is 30.3 Å². The van der Waals surface area contributed by atoms with Gasteiger partial charge in [0.05, 0.1) is 15.6 Å². The average molecular weight is 316 g/mol. The number of rotatable bonds is 3. The molecule has 0 heterocycles. The van der Waals surface area contributed by atoms with E-state index in [-0.39, 0.29) is 4.99 Å². The molecule has 0 unspecified atom stereocenters. The Labute approximate surface area is 124 Å². The molecule has 0 atom stereocenters. The van der Waals surface area contributed by atoms with Gasteiger partial charge in [-0.3, -0.25) is 0 Å². The first-order valence-electron chi connectivity index (χ1n) is 5.19. The molecule has 2 aromatic rings. The van der Waals surface area contributed by atoms with Crippen LogP contribution in [0, 0.1) is 5.82 Å². The summed E-state index contributed by atoms with van der Waals surface area (Å²) in [5, 5.41) is 0.779. The molecule has 0 aliphatic rings. The number of hydrogen-bond donors (Lipinski definition) is 1. The average Bonchev–Trinajstić information content (AvgIpc) is 2.36. The Morgan fingerprint density at radius 3 is 2.47 bits per heavy atom. The van der Waals surface area contributed by atoms with Crippen molar-refractivity contribution in [1.82, 2.24) is 0 Å². The van der Waals surface area contributed by atoms with Gasteiger partial charge in [-0.15, -0.1) is 0 Å². The number of nitrogens with two attached hydrogens (primary N) is 1. The normalized spacial score (nSPS) is 10.3. The van der Waals surface area contributed by atoms with Gasteiger partial charge < -0.3 is 10.5 Å². The Kier molecular flexibility index (Phi) is 4.24. The molecule has 0 radical (unpaired) electrons. The molecule has 2 aromatic carbocycles. The molecule has 0 aliphatic heterocycles. The summed E-state index contributed by atoms with van der Waals surface area (Å²) < 4.78 is 18.7. The minimum atomic E-state index is -0.440. The van der Waals surface area contributed by atoms with Crippen molar-refractivity contribution in [3.8, 4) is 11.5 Å². The molecule has 98 valence electrons. The van der Waals surface area contributed by atoms with Crippen LogP contribution in [-0.4, -0.2) is 4.99 Å². The first-order valence-corrected chi connectivity index (χ1v) is 6.36. The van der Waals surface area contributed by atoms with Gasteiger partial charge in [-0.1, -0.05) is 35.4 Å². The molecule has 0 saturated heterocycles. The Hall–Kier alpha value is -1.36. The predicted molar refractivity (Wildman–Crippen MR) is 78.8 cm³/mol. The molecule has 19 heavy (non-hydrogen) atoms. The largest absolute Gasteiger partial charge is 0.457 e. The summed E-state index contributed by atoms with van der Waals surface area (Å²) in [6.07, 6.45) is 0. The number of ether oxygens (including phenoxy) is 1. The molecule has 0 amide bonds. The topological polar surface area (TPSA) is 35.2 Å². The highest BCUT2D eigenvalue weighted by Crippen LogP contribution is 2.31. The van der Waals surface area contributed by atoms with Gasteiger partial charge in [0.1, 0.15) is 22.3 Å². The molecule has 0 bridgehead atoms. The maximum Gasteiger partial charge on any atom is 0.137 e. The molecular formula is C13H8Cl2FNOS. The van der Waals surface area contributed by atoms with E-state index in [1.54, 1.807) is 18.2 Å². The summed E-state index contributed by atoms with van der Waals surface area (Å²) in [5.41, 5.74) is 5.85. The summed E-state index contributed by atoms with van der Waals surface area (Å²) >= 11 is 16.5. The Morgan fingerprint density at radius 1 is 1.11 bits per heavy atom. The van der Waals surface area contributed by atoms with Crippen LogP contribution in [-0.2, 0) is 0 Å². The van der Waals surface area contributed by atoms with Gasteiger partial charge in [0, 0.05) is 6.07 Å². The summed E-state index contributed by atoms with van der Waals surface area (Å²) in [6, 6.07) is 8.72. The fourth-order valence-corrected chi connectivity index (χ4v) is 1.90. The van der Waals surface area contributed by atoms with Crippen LogP contribution in [0.15, 0.2) is 36.4 Å². The Balaban J connectivity index is 2.37. The van der Waals surface area contributed by atoms with Crippen molar-refractivity contribution in [2.75, 3.05) is 0 Å². The van der Waals surface area contributed by atoms with Crippen LogP contribution in [0.5, 0.6) is 11.5 Å². The van der Waals surface area contributed by atoms with E-state index in [9.17, 15) is 4.39 Å². The van der Waals surface area contributed by atoms with Crippen LogP contribution >= 0.6 is 35.4 Å². The van der Waals surface area contributed by atoms with E-state index >= 15 is 0 Å². The lowest BCUT2D eigenvalue weighted by molar-refractivity contribution is 0.479. The van der Waals surface area contributed by atoms with Crippen molar-refractivity contribution in [1.29, 1.82) is 0 Å². The molecule has 0 aliphatic carbocycles. The number of benzene rings is 2. The van der Waals surface area contributed by atoms with E-state index < -0.39 is 5.82 Å². The van der Waals surface area contributed by atoms with Gasteiger partial charge >= 0.3 is 0 Å². The molecule has 6 heteroatoms. The van der Waals surface area contributed by atoms with E-state index in [4.69, 9.17) is 45.9 Å². The second kappa shape index (κ2) is 5.74. The van der Waals surface area contributed by atoms with E-state index in [0.29, 0.717) is 27.1 Å². The van der Waals surface area contributed by atoms with Crippen molar-refractivity contribution in [2.24, 2.45) is 5.73 Å². The van der Waals surface area contributed by atoms with Gasteiger partial charge in [-0.25, -0.2) is 4.39 Å². The Bertz CT molecular complexity index is 649. The lowest BCUT2D eigenvalue weighted by atomic mass is 10.2. The molecule has 0 aromatic heterocycles. The van der Waals surface area contributed by atoms with Crippen molar-refractivity contribution in [3.63, 3.8) is 0 Å². The fraction of sp³-hybridized carbons (Fsp3) is 0. The highest BCUT2D eigenvalue weighted by Gasteiger charge is 2.10. The van der Waals surface area contributed by atoms with Gasteiger partial charge in [0.2, 0.25) is 0 Å². The first-order chi connectivity index (χ1) is 8.97. The zero-order valence-corrected chi connectivity index (χ0v) is 11.8. The summed E-state index contributed by atoms with van der Waals surface area (Å²) in [5.74, 6) is 0.370. The third-order valence-corrected chi connectivity index (χ3v) is 3.28. The highest BCUT2D eigenvalue weighted by molar-refractivity contribution is 7.80. The maximum atomic E-state index is 13.2. The summed E-state index contributed by atoms with van der Waals surface area (Å²) in [4.78, 5) is 0.0505. The molecule has 2 rings (SSSR count). The number of halogens is 3. The van der Waals surface area contributed by atoms with E-state index in [1.165, 1.54) is 18.2 Å². The van der Waals surface area contributed by atoms with Gasteiger partial charge in [0.25, 0.3) is 0 Å². The minimum absolute atomic E-state index is 0.0505. The first kappa shape index (κ1) is 14.1. The van der Waals surface area contributed by atoms with E-state index in [1.807, 2.05) is 0 Å². The van der Waals surface area contributed by atoms with Gasteiger partial charge in [-0.2, -0.15) is 0 Å². The minimum Gasteiger partial charge on any atom is -0.457 e. The molecular weight excluding hydrogens is 308 g/mol. The van der Waals surface area contributed by atoms with Crippen molar-refractivity contribution < 1.29 is 9.13 Å². The SMILES string of the molecule is NC(=S)c1cc(F)ccc1Oc1ccc(Cl)c(Cl)c1. The van der Waals surface area contributed by atoms with E-state index in [2.05, 4.69) is 0 Å². The molecule has 0 spiro atoms. The standard InChI is InChI=1S/C13H8Cl2FNOS/c14-10-3-2-8(6-11(10)15)18-12-4-1-7(16)5-9(12)13(17)19/h1-6H,(H2,17,19). The molecule has 0 saturated carbocycles. The van der Waals surface area contributed by atoms with Crippen LogP contribution in [0.3, 0.4) is 0 Å². The van der Waals surface area contributed by atoms with Crippen molar-refractivity contribution >= 4 is 40.4 Å². The quantitative estimate of drug-likeness (QED) is 0.843. The summed E-state index contributed by atoms with van der Waals surface area (Å²) in [7, 11) is 0. The van der Waals surface area contributed by atoms with Crippen LogP contribution < -0.4 is 10.5 Å². The van der Waals surface area contributed by atoms with Crippen LogP contribution in [0.4, 0.5) is 4.39 Å². The number of hydrogen-bond acceptors (Lipinski definition) is 2. The third kappa shape index (κ3) is 3.35. The lowest BCUT2D eigenvalue weighted by Gasteiger charge is -2.11. The monoisotopic (exact) mass is 315 g/mol. The molecule has 0 fully saturated rings. The molecule has 2 N–H and O–H groups in total.